The third-order valence-electron chi connectivity index (χ3n) is 5.40. The van der Waals surface area contributed by atoms with Crippen LogP contribution >= 0.6 is 0 Å². The van der Waals surface area contributed by atoms with E-state index in [9.17, 15) is 14.4 Å². The zero-order valence-corrected chi connectivity index (χ0v) is 17.6. The molecule has 0 fully saturated rings. The summed E-state index contributed by atoms with van der Waals surface area (Å²) in [6, 6.07) is 15.4. The first kappa shape index (κ1) is 21.6. The molecule has 0 heterocycles. The number of carbonyl (C=O) groups excluding carboxylic acids is 3. The number of carbonyl (C=O) groups is 3. The lowest BCUT2D eigenvalue weighted by Gasteiger charge is -2.38. The van der Waals surface area contributed by atoms with Gasteiger partial charge in [0.2, 0.25) is 11.4 Å². The molecular weight excluding hydrogens is 382 g/mol. The molecular formula is C24H27NO5. The van der Waals surface area contributed by atoms with Crippen molar-refractivity contribution in [2.75, 3.05) is 13.2 Å². The van der Waals surface area contributed by atoms with Crippen LogP contribution in [0.15, 0.2) is 48.5 Å². The summed E-state index contributed by atoms with van der Waals surface area (Å²) < 4.78 is 10.7. The second kappa shape index (κ2) is 9.11. The summed E-state index contributed by atoms with van der Waals surface area (Å²) in [5.41, 5.74) is 1.60. The van der Waals surface area contributed by atoms with Crippen LogP contribution in [-0.2, 0) is 36.7 Å². The summed E-state index contributed by atoms with van der Waals surface area (Å²) in [5, 5.41) is 2.65. The Labute approximate surface area is 176 Å². The second-order valence-electron chi connectivity index (χ2n) is 7.26. The minimum atomic E-state index is -2.03. The van der Waals surface area contributed by atoms with Crippen molar-refractivity contribution < 1.29 is 23.9 Å². The lowest BCUT2D eigenvalue weighted by molar-refractivity contribution is -0.169. The Morgan fingerprint density at radius 2 is 1.30 bits per heavy atom. The number of benzene rings is 2. The highest BCUT2D eigenvalue weighted by molar-refractivity contribution is 6.09. The maximum absolute atomic E-state index is 13.4. The molecule has 3 rings (SSSR count). The molecule has 0 radical (unpaired) electrons. The highest BCUT2D eigenvalue weighted by atomic mass is 16.6. The molecule has 0 saturated carbocycles. The van der Waals surface area contributed by atoms with Crippen LogP contribution in [0.25, 0.3) is 0 Å². The Morgan fingerprint density at radius 3 is 1.70 bits per heavy atom. The fourth-order valence-electron chi connectivity index (χ4n) is 4.25. The van der Waals surface area contributed by atoms with E-state index in [1.165, 1.54) is 6.92 Å². The van der Waals surface area contributed by atoms with E-state index in [0.29, 0.717) is 0 Å². The normalized spacial score (nSPS) is 13.4. The first-order valence-corrected chi connectivity index (χ1v) is 10.2. The highest BCUT2D eigenvalue weighted by Gasteiger charge is 2.58. The average molecular weight is 409 g/mol. The van der Waals surface area contributed by atoms with E-state index in [2.05, 4.69) is 5.32 Å². The van der Waals surface area contributed by atoms with Gasteiger partial charge in [0, 0.05) is 6.92 Å². The molecule has 2 aromatic carbocycles. The van der Waals surface area contributed by atoms with Crippen molar-refractivity contribution in [3.63, 3.8) is 0 Å². The van der Waals surface area contributed by atoms with Gasteiger partial charge in [-0.15, -0.1) is 0 Å². The maximum atomic E-state index is 13.4. The molecule has 1 aliphatic rings. The molecule has 30 heavy (non-hydrogen) atoms. The van der Waals surface area contributed by atoms with Crippen molar-refractivity contribution in [2.24, 2.45) is 0 Å². The van der Waals surface area contributed by atoms with Crippen LogP contribution in [-0.4, -0.2) is 36.6 Å². The van der Waals surface area contributed by atoms with E-state index in [4.69, 9.17) is 9.47 Å². The maximum Gasteiger partial charge on any atom is 0.344 e. The third-order valence-corrected chi connectivity index (χ3v) is 5.40. The van der Waals surface area contributed by atoms with Gasteiger partial charge in [0.25, 0.3) is 0 Å². The summed E-state index contributed by atoms with van der Waals surface area (Å²) in [6.45, 7) is 4.74. The summed E-state index contributed by atoms with van der Waals surface area (Å²) in [5.74, 6) is -2.95. The highest BCUT2D eigenvalue weighted by Crippen LogP contribution is 2.42. The molecule has 0 aromatic heterocycles. The lowest BCUT2D eigenvalue weighted by Crippen LogP contribution is -2.65. The molecule has 2 aromatic rings. The van der Waals surface area contributed by atoms with Gasteiger partial charge >= 0.3 is 11.9 Å². The van der Waals surface area contributed by atoms with Crippen molar-refractivity contribution >= 4 is 17.8 Å². The quantitative estimate of drug-likeness (QED) is 0.586. The van der Waals surface area contributed by atoms with Crippen LogP contribution in [0.4, 0.5) is 0 Å². The summed E-state index contributed by atoms with van der Waals surface area (Å²) in [6.07, 6.45) is 1.51. The molecule has 1 amide bonds. The van der Waals surface area contributed by atoms with Gasteiger partial charge in [-0.05, 0) is 48.9 Å². The van der Waals surface area contributed by atoms with E-state index in [1.54, 1.807) is 13.8 Å². The Morgan fingerprint density at radius 1 is 0.867 bits per heavy atom. The van der Waals surface area contributed by atoms with Crippen molar-refractivity contribution in [1.29, 1.82) is 0 Å². The Kier molecular flexibility index (Phi) is 6.55. The smallest absolute Gasteiger partial charge is 0.344 e. The largest absolute Gasteiger partial charge is 0.464 e. The van der Waals surface area contributed by atoms with Crippen LogP contribution < -0.4 is 5.32 Å². The number of amides is 1. The van der Waals surface area contributed by atoms with Crippen LogP contribution in [0.5, 0.6) is 0 Å². The second-order valence-corrected chi connectivity index (χ2v) is 7.26. The number of aryl methyl sites for hydroxylation is 2. The zero-order chi connectivity index (χ0) is 21.7. The number of esters is 2. The Hall–Kier alpha value is -3.15. The average Bonchev–Trinajstić information content (AvgIpc) is 2.89. The Bertz CT molecular complexity index is 887. The fourth-order valence-corrected chi connectivity index (χ4v) is 4.25. The predicted octanol–water partition coefficient (Wildman–Crippen LogP) is 2.92. The van der Waals surface area contributed by atoms with Gasteiger partial charge in [0.1, 0.15) is 0 Å². The third kappa shape index (κ3) is 3.82. The minimum Gasteiger partial charge on any atom is -0.464 e. The van der Waals surface area contributed by atoms with Gasteiger partial charge in [-0.1, -0.05) is 48.5 Å². The van der Waals surface area contributed by atoms with Crippen LogP contribution in [0.1, 0.15) is 48.9 Å². The molecule has 0 atom stereocenters. The molecule has 1 N–H and O–H groups in total. The number of nitrogens with one attached hydrogen (secondary N) is 1. The number of fused-ring (bicyclic) bond motifs is 2. The van der Waals surface area contributed by atoms with Crippen LogP contribution in [0, 0.1) is 0 Å². The van der Waals surface area contributed by atoms with Gasteiger partial charge < -0.3 is 14.8 Å². The molecule has 0 saturated heterocycles. The number of hydrogen-bond donors (Lipinski definition) is 1. The molecule has 158 valence electrons. The monoisotopic (exact) mass is 409 g/mol. The van der Waals surface area contributed by atoms with Gasteiger partial charge in [0.05, 0.1) is 19.1 Å². The van der Waals surface area contributed by atoms with E-state index in [0.717, 1.165) is 35.1 Å². The first-order valence-electron chi connectivity index (χ1n) is 10.2. The lowest BCUT2D eigenvalue weighted by atomic mass is 9.73. The van der Waals surface area contributed by atoms with Gasteiger partial charge in [0.15, 0.2) is 0 Å². The zero-order valence-electron chi connectivity index (χ0n) is 17.6. The minimum absolute atomic E-state index is 0.0651. The van der Waals surface area contributed by atoms with E-state index >= 15 is 0 Å². The van der Waals surface area contributed by atoms with Crippen LogP contribution in [0.3, 0.4) is 0 Å². The van der Waals surface area contributed by atoms with Gasteiger partial charge in [-0.3, -0.25) is 4.79 Å². The molecule has 6 nitrogen and oxygen atoms in total. The summed E-state index contributed by atoms with van der Waals surface area (Å²) in [4.78, 5) is 39.1. The predicted molar refractivity (Wildman–Crippen MR) is 112 cm³/mol. The van der Waals surface area contributed by atoms with Gasteiger partial charge in [-0.25, -0.2) is 9.59 Å². The standard InChI is InChI=1S/C24H27NO5/c1-4-29-22(27)24(25-16(3)26,23(28)30-5-2)21-19-12-8-6-10-17(19)14-15-18-11-7-9-13-20(18)21/h6-13,21H,4-5,14-15H2,1-3H3,(H,25,26). The van der Waals surface area contributed by atoms with Crippen LogP contribution in [0.2, 0.25) is 0 Å². The van der Waals surface area contributed by atoms with Crippen molar-refractivity contribution in [3.8, 4) is 0 Å². The van der Waals surface area contributed by atoms with Gasteiger partial charge in [-0.2, -0.15) is 0 Å². The number of ether oxygens (including phenoxy) is 2. The van der Waals surface area contributed by atoms with Crippen molar-refractivity contribution in [2.45, 2.75) is 45.1 Å². The van der Waals surface area contributed by atoms with E-state index < -0.39 is 29.3 Å². The molecule has 0 aliphatic heterocycles. The number of rotatable bonds is 6. The first-order chi connectivity index (χ1) is 14.5. The molecule has 6 heteroatoms. The molecule has 0 bridgehead atoms. The fraction of sp³-hybridized carbons (Fsp3) is 0.375. The number of hydrogen-bond acceptors (Lipinski definition) is 5. The molecule has 0 unspecified atom stereocenters. The SMILES string of the molecule is CCOC(=O)C(NC(C)=O)(C(=O)OCC)C1c2ccccc2CCc2ccccc21. The van der Waals surface area contributed by atoms with Crippen molar-refractivity contribution in [3.05, 3.63) is 70.8 Å². The van der Waals surface area contributed by atoms with Crippen molar-refractivity contribution in [1.82, 2.24) is 5.32 Å². The van der Waals surface area contributed by atoms with E-state index in [-0.39, 0.29) is 13.2 Å². The summed E-state index contributed by atoms with van der Waals surface area (Å²) in [7, 11) is 0. The molecule has 1 aliphatic carbocycles. The topological polar surface area (TPSA) is 81.7 Å². The molecule has 0 spiro atoms. The van der Waals surface area contributed by atoms with E-state index in [1.807, 2.05) is 48.5 Å². The Balaban J connectivity index is 2.37. The summed E-state index contributed by atoms with van der Waals surface area (Å²) >= 11 is 0.